The zero-order valence-electron chi connectivity index (χ0n) is 10.1. The molecule has 0 saturated heterocycles. The van der Waals surface area contributed by atoms with Crippen molar-refractivity contribution in [3.63, 3.8) is 0 Å². The van der Waals surface area contributed by atoms with Crippen LogP contribution in [0.3, 0.4) is 0 Å². The number of nitrogen functional groups attached to an aromatic ring is 1. The van der Waals surface area contributed by atoms with Gasteiger partial charge in [-0.15, -0.1) is 10.1 Å². The molecule has 0 unspecified atom stereocenters. The molecule has 0 amide bonds. The summed E-state index contributed by atoms with van der Waals surface area (Å²) < 4.78 is 4.89. The molecule has 0 aliphatic heterocycles. The van der Waals surface area contributed by atoms with Gasteiger partial charge < -0.3 is 20.4 Å². The van der Waals surface area contributed by atoms with E-state index in [1.807, 2.05) is 0 Å². The average Bonchev–Trinajstić information content (AvgIpc) is 2.36. The molecule has 1 rings (SSSR count). The highest BCUT2D eigenvalue weighted by molar-refractivity contribution is 5.93. The first kappa shape index (κ1) is 14.6. The van der Waals surface area contributed by atoms with Gasteiger partial charge >= 0.3 is 5.97 Å². The topological polar surface area (TPSA) is 125 Å². The number of hydrogen-bond donors (Lipinski definition) is 2. The van der Waals surface area contributed by atoms with Gasteiger partial charge in [0.1, 0.15) is 11.3 Å². The third-order valence-electron chi connectivity index (χ3n) is 2.21. The van der Waals surface area contributed by atoms with Gasteiger partial charge in [-0.25, -0.2) is 4.79 Å². The molecular weight excluding hydrogens is 256 g/mol. The molecule has 3 N–H and O–H groups in total. The number of benzene rings is 1. The van der Waals surface area contributed by atoms with Crippen LogP contribution in [0.5, 0.6) is 5.75 Å². The minimum absolute atomic E-state index is 0.0125. The summed E-state index contributed by atoms with van der Waals surface area (Å²) in [6.45, 7) is 0.0300. The second-order valence-corrected chi connectivity index (χ2v) is 3.68. The van der Waals surface area contributed by atoms with Gasteiger partial charge in [0, 0.05) is 5.69 Å². The number of carbonyl (C=O) groups is 1. The number of anilines is 1. The van der Waals surface area contributed by atoms with Crippen LogP contribution in [0.4, 0.5) is 5.69 Å². The standard InChI is InChI=1S/C11H14N2O6/c12-8-3-4-10(14)9(7-8)11(15)18-5-1-2-6-19-13(16)17/h3-4,7,14H,1-2,5-6,12H2. The first-order valence-corrected chi connectivity index (χ1v) is 5.53. The number of rotatable bonds is 7. The maximum atomic E-state index is 11.6. The number of nitrogens with zero attached hydrogens (tertiary/aromatic N) is 1. The van der Waals surface area contributed by atoms with E-state index in [2.05, 4.69) is 4.84 Å². The molecule has 0 aliphatic carbocycles. The zero-order valence-corrected chi connectivity index (χ0v) is 10.1. The lowest BCUT2D eigenvalue weighted by Crippen LogP contribution is -2.08. The number of carbonyl (C=O) groups excluding carboxylic acids is 1. The highest BCUT2D eigenvalue weighted by atomic mass is 16.9. The first-order chi connectivity index (χ1) is 9.00. The largest absolute Gasteiger partial charge is 0.507 e. The van der Waals surface area contributed by atoms with Gasteiger partial charge in [0.2, 0.25) is 0 Å². The summed E-state index contributed by atoms with van der Waals surface area (Å²) in [5, 5.41) is 18.4. The van der Waals surface area contributed by atoms with Crippen LogP contribution in [0.2, 0.25) is 0 Å². The Morgan fingerprint density at radius 1 is 1.37 bits per heavy atom. The number of nitrogens with two attached hydrogens (primary N) is 1. The Balaban J connectivity index is 2.31. The molecule has 0 aliphatic rings. The summed E-state index contributed by atoms with van der Waals surface area (Å²) in [4.78, 5) is 25.5. The maximum Gasteiger partial charge on any atom is 0.341 e. The van der Waals surface area contributed by atoms with Crippen molar-refractivity contribution in [2.45, 2.75) is 12.8 Å². The van der Waals surface area contributed by atoms with Gasteiger partial charge in [-0.1, -0.05) is 0 Å². The van der Waals surface area contributed by atoms with Gasteiger partial charge in [0.25, 0.3) is 5.09 Å². The fourth-order valence-electron chi connectivity index (χ4n) is 1.30. The molecule has 0 bridgehead atoms. The number of ether oxygens (including phenoxy) is 1. The Hall–Kier alpha value is -2.51. The van der Waals surface area contributed by atoms with E-state index in [4.69, 9.17) is 10.5 Å². The smallest absolute Gasteiger partial charge is 0.341 e. The second kappa shape index (κ2) is 7.04. The molecule has 104 valence electrons. The summed E-state index contributed by atoms with van der Waals surface area (Å²) in [6, 6.07) is 4.07. The Bertz CT molecular complexity index is 462. The molecular formula is C11H14N2O6. The third kappa shape index (κ3) is 5.11. The van der Waals surface area contributed by atoms with E-state index in [0.717, 1.165) is 0 Å². The SMILES string of the molecule is Nc1ccc(O)c(C(=O)OCCCCO[N+](=O)[O-])c1. The molecule has 1 aromatic rings. The van der Waals surface area contributed by atoms with Crippen LogP contribution in [0, 0.1) is 10.1 Å². The van der Waals surface area contributed by atoms with Gasteiger partial charge in [0.15, 0.2) is 0 Å². The van der Waals surface area contributed by atoms with Crippen molar-refractivity contribution in [2.24, 2.45) is 0 Å². The minimum atomic E-state index is -0.878. The molecule has 19 heavy (non-hydrogen) atoms. The third-order valence-corrected chi connectivity index (χ3v) is 2.21. The average molecular weight is 270 g/mol. The highest BCUT2D eigenvalue weighted by Crippen LogP contribution is 2.20. The van der Waals surface area contributed by atoms with Crippen LogP contribution in [-0.4, -0.2) is 29.4 Å². The van der Waals surface area contributed by atoms with Crippen LogP contribution >= 0.6 is 0 Å². The van der Waals surface area contributed by atoms with E-state index in [0.29, 0.717) is 18.5 Å². The van der Waals surface area contributed by atoms with E-state index >= 15 is 0 Å². The Labute approximate surface area is 108 Å². The highest BCUT2D eigenvalue weighted by Gasteiger charge is 2.12. The molecule has 0 spiro atoms. The predicted octanol–water partition coefficient (Wildman–Crippen LogP) is 1.12. The molecule has 8 heteroatoms. The summed E-state index contributed by atoms with van der Waals surface area (Å²) >= 11 is 0. The molecule has 8 nitrogen and oxygen atoms in total. The van der Waals surface area contributed by atoms with E-state index < -0.39 is 11.1 Å². The van der Waals surface area contributed by atoms with E-state index in [1.54, 1.807) is 0 Å². The molecule has 0 aromatic heterocycles. The Kier molecular flexibility index (Phi) is 5.39. The number of phenolic OH excluding ortho intramolecular Hbond substituents is 1. The van der Waals surface area contributed by atoms with Crippen molar-refractivity contribution in [1.29, 1.82) is 0 Å². The fourth-order valence-corrected chi connectivity index (χ4v) is 1.30. The summed E-state index contributed by atoms with van der Waals surface area (Å²) in [5.41, 5.74) is 5.81. The van der Waals surface area contributed by atoms with Gasteiger partial charge in [-0.3, -0.25) is 0 Å². The lowest BCUT2D eigenvalue weighted by atomic mass is 10.2. The van der Waals surface area contributed by atoms with Gasteiger partial charge in [-0.05, 0) is 31.0 Å². The monoisotopic (exact) mass is 270 g/mol. The van der Waals surface area contributed by atoms with Crippen molar-refractivity contribution < 1.29 is 24.6 Å². The fraction of sp³-hybridized carbons (Fsp3) is 0.364. The summed E-state index contributed by atoms with van der Waals surface area (Å²) in [5.74, 6) is -0.907. The van der Waals surface area contributed by atoms with E-state index in [1.165, 1.54) is 18.2 Å². The minimum Gasteiger partial charge on any atom is -0.507 e. The van der Waals surface area contributed by atoms with E-state index in [9.17, 15) is 20.0 Å². The summed E-state index contributed by atoms with van der Waals surface area (Å²) in [7, 11) is 0. The first-order valence-electron chi connectivity index (χ1n) is 5.53. The van der Waals surface area contributed by atoms with Crippen LogP contribution in [0.1, 0.15) is 23.2 Å². The molecule has 0 saturated carbocycles. The lowest BCUT2D eigenvalue weighted by molar-refractivity contribution is -0.757. The van der Waals surface area contributed by atoms with Crippen LogP contribution < -0.4 is 5.73 Å². The van der Waals surface area contributed by atoms with Crippen LogP contribution in [-0.2, 0) is 9.57 Å². The summed E-state index contributed by atoms with van der Waals surface area (Å²) in [6.07, 6.45) is 0.805. The van der Waals surface area contributed by atoms with Crippen molar-refractivity contribution >= 4 is 11.7 Å². The number of phenols is 1. The lowest BCUT2D eigenvalue weighted by Gasteiger charge is -2.06. The maximum absolute atomic E-state index is 11.6. The van der Waals surface area contributed by atoms with Gasteiger partial charge in [0.05, 0.1) is 13.2 Å². The van der Waals surface area contributed by atoms with Crippen molar-refractivity contribution in [3.8, 4) is 5.75 Å². The molecule has 0 radical (unpaired) electrons. The second-order valence-electron chi connectivity index (χ2n) is 3.68. The van der Waals surface area contributed by atoms with Crippen LogP contribution in [0.15, 0.2) is 18.2 Å². The van der Waals surface area contributed by atoms with Crippen molar-refractivity contribution in [2.75, 3.05) is 18.9 Å². The Morgan fingerprint density at radius 3 is 2.74 bits per heavy atom. The van der Waals surface area contributed by atoms with Crippen LogP contribution in [0.25, 0.3) is 0 Å². The number of esters is 1. The van der Waals surface area contributed by atoms with Crippen molar-refractivity contribution in [1.82, 2.24) is 0 Å². The van der Waals surface area contributed by atoms with Gasteiger partial charge in [-0.2, -0.15) is 0 Å². The quantitative estimate of drug-likeness (QED) is 0.190. The molecule has 0 atom stereocenters. The number of hydrogen-bond acceptors (Lipinski definition) is 7. The van der Waals surface area contributed by atoms with Crippen molar-refractivity contribution in [3.05, 3.63) is 33.9 Å². The Morgan fingerprint density at radius 2 is 2.05 bits per heavy atom. The molecule has 0 fully saturated rings. The van der Waals surface area contributed by atoms with E-state index in [-0.39, 0.29) is 24.5 Å². The molecule has 1 aromatic carbocycles. The zero-order chi connectivity index (χ0) is 14.3. The molecule has 0 heterocycles. The number of unbranched alkanes of at least 4 members (excludes halogenated alkanes) is 1. The predicted molar refractivity (Wildman–Crippen MR) is 65.0 cm³/mol. The number of aromatic hydroxyl groups is 1. The normalized spacial score (nSPS) is 9.89.